The van der Waals surface area contributed by atoms with Crippen molar-refractivity contribution in [3.05, 3.63) is 65.7 Å². The van der Waals surface area contributed by atoms with Crippen LogP contribution in [0.5, 0.6) is 17.2 Å². The molecule has 2 N–H and O–H groups in total. The van der Waals surface area contributed by atoms with E-state index >= 15 is 0 Å². The van der Waals surface area contributed by atoms with Crippen molar-refractivity contribution in [3.8, 4) is 28.5 Å². The van der Waals surface area contributed by atoms with E-state index in [1.807, 2.05) is 40.6 Å². The first-order valence-electron chi connectivity index (χ1n) is 10.6. The van der Waals surface area contributed by atoms with Gasteiger partial charge in [0.15, 0.2) is 11.5 Å². The van der Waals surface area contributed by atoms with E-state index in [9.17, 15) is 15.0 Å². The van der Waals surface area contributed by atoms with Crippen molar-refractivity contribution < 1.29 is 19.7 Å². The van der Waals surface area contributed by atoms with Gasteiger partial charge in [0.2, 0.25) is 0 Å². The number of carbonyl (C=O) groups excluding carboxylic acids is 1. The predicted molar refractivity (Wildman–Crippen MR) is 129 cm³/mol. The highest BCUT2D eigenvalue weighted by atomic mass is 32.1. The quantitative estimate of drug-likeness (QED) is 0.470. The second-order valence-electron chi connectivity index (χ2n) is 7.87. The molecule has 7 nitrogen and oxygen atoms in total. The van der Waals surface area contributed by atoms with E-state index in [0.29, 0.717) is 42.2 Å². The first-order chi connectivity index (χ1) is 16.0. The van der Waals surface area contributed by atoms with Gasteiger partial charge in [-0.3, -0.25) is 9.78 Å². The van der Waals surface area contributed by atoms with Gasteiger partial charge in [-0.05, 0) is 36.4 Å². The standard InChI is InChI=1S/C25H23N3O4S/c1-32-23-6-5-17(14-21(23)29)27-8-10-28(11-9-27)25(31)19-15-33-24-18(19)12-16(13-22(24)30)20-4-2-3-7-26-20/h2-7,12-15,29-30H,8-11H2,1H3. The molecule has 1 aliphatic heterocycles. The fourth-order valence-corrected chi connectivity index (χ4v) is 5.12. The largest absolute Gasteiger partial charge is 0.506 e. The molecule has 3 heterocycles. The fourth-order valence-electron chi connectivity index (χ4n) is 4.18. The van der Waals surface area contributed by atoms with Crippen LogP contribution in [0.2, 0.25) is 0 Å². The molecule has 0 aliphatic carbocycles. The summed E-state index contributed by atoms with van der Waals surface area (Å²) in [6.07, 6.45) is 1.71. The van der Waals surface area contributed by atoms with Crippen molar-refractivity contribution in [1.29, 1.82) is 0 Å². The van der Waals surface area contributed by atoms with Crippen LogP contribution in [0.25, 0.3) is 21.3 Å². The zero-order valence-electron chi connectivity index (χ0n) is 18.1. The van der Waals surface area contributed by atoms with Crippen LogP contribution in [0.3, 0.4) is 0 Å². The molecule has 0 unspecified atom stereocenters. The van der Waals surface area contributed by atoms with Gasteiger partial charge in [-0.1, -0.05) is 6.07 Å². The smallest absolute Gasteiger partial charge is 0.255 e. The highest BCUT2D eigenvalue weighted by Gasteiger charge is 2.25. The lowest BCUT2D eigenvalue weighted by Gasteiger charge is -2.36. The first kappa shape index (κ1) is 21.1. The molecule has 168 valence electrons. The summed E-state index contributed by atoms with van der Waals surface area (Å²) < 4.78 is 5.81. The molecule has 4 aromatic rings. The number of pyridine rings is 1. The number of anilines is 1. The first-order valence-corrected chi connectivity index (χ1v) is 11.5. The summed E-state index contributed by atoms with van der Waals surface area (Å²) in [7, 11) is 1.52. The van der Waals surface area contributed by atoms with Gasteiger partial charge in [0, 0.05) is 60.5 Å². The number of phenols is 2. The number of aromatic hydroxyl groups is 2. The summed E-state index contributed by atoms with van der Waals surface area (Å²) >= 11 is 1.37. The average molecular weight is 462 g/mol. The van der Waals surface area contributed by atoms with E-state index in [4.69, 9.17) is 4.74 Å². The third-order valence-corrected chi connectivity index (χ3v) is 6.96. The molecule has 2 aromatic carbocycles. The lowest BCUT2D eigenvalue weighted by Crippen LogP contribution is -2.48. The predicted octanol–water partition coefficient (Wildman–Crippen LogP) is 4.35. The summed E-state index contributed by atoms with van der Waals surface area (Å²) in [5.41, 5.74) is 3.01. The number of amides is 1. The molecular formula is C25H23N3O4S. The third-order valence-electron chi connectivity index (χ3n) is 5.94. The number of hydrogen-bond acceptors (Lipinski definition) is 7. The zero-order valence-corrected chi connectivity index (χ0v) is 18.9. The Labute approximate surface area is 195 Å². The normalized spacial score (nSPS) is 14.0. The van der Waals surface area contributed by atoms with Crippen LogP contribution >= 0.6 is 11.3 Å². The van der Waals surface area contributed by atoms with Crippen LogP contribution in [0.1, 0.15) is 10.4 Å². The number of rotatable bonds is 4. The minimum atomic E-state index is -0.0453. The van der Waals surface area contributed by atoms with Crippen LogP contribution in [0.15, 0.2) is 60.1 Å². The van der Waals surface area contributed by atoms with Gasteiger partial charge in [-0.15, -0.1) is 11.3 Å². The molecule has 2 aromatic heterocycles. The van der Waals surface area contributed by atoms with Crippen LogP contribution in [-0.4, -0.2) is 59.3 Å². The Morgan fingerprint density at radius 1 is 1.03 bits per heavy atom. The maximum Gasteiger partial charge on any atom is 0.255 e. The van der Waals surface area contributed by atoms with Gasteiger partial charge in [0.05, 0.1) is 23.1 Å². The van der Waals surface area contributed by atoms with E-state index in [1.165, 1.54) is 18.4 Å². The number of thiophene rings is 1. The summed E-state index contributed by atoms with van der Waals surface area (Å²) in [5.74, 6) is 0.643. The number of phenolic OH excluding ortho intramolecular Hbond substituents is 2. The molecule has 0 spiro atoms. The Balaban J connectivity index is 1.36. The number of carbonyl (C=O) groups is 1. The molecule has 8 heteroatoms. The highest BCUT2D eigenvalue weighted by molar-refractivity contribution is 7.18. The SMILES string of the molecule is COc1ccc(N2CCN(C(=O)c3csc4c(O)cc(-c5ccccn5)cc34)CC2)cc1O. The molecule has 1 aliphatic rings. The number of ether oxygens (including phenoxy) is 1. The van der Waals surface area contributed by atoms with Gasteiger partial charge >= 0.3 is 0 Å². The van der Waals surface area contributed by atoms with E-state index in [0.717, 1.165) is 22.3 Å². The second-order valence-corrected chi connectivity index (χ2v) is 8.75. The van der Waals surface area contributed by atoms with Crippen molar-refractivity contribution in [2.75, 3.05) is 38.2 Å². The Hall–Kier alpha value is -3.78. The average Bonchev–Trinajstić information content (AvgIpc) is 3.29. The monoisotopic (exact) mass is 461 g/mol. The number of aromatic nitrogens is 1. The zero-order chi connectivity index (χ0) is 22.9. The molecule has 0 saturated carbocycles. The van der Waals surface area contributed by atoms with E-state index in [2.05, 4.69) is 9.88 Å². The third kappa shape index (κ3) is 3.93. The summed E-state index contributed by atoms with van der Waals surface area (Å²) in [5, 5.41) is 23.2. The minimum Gasteiger partial charge on any atom is -0.506 e. The van der Waals surface area contributed by atoms with Crippen LogP contribution in [-0.2, 0) is 0 Å². The molecule has 1 amide bonds. The topological polar surface area (TPSA) is 86.1 Å². The summed E-state index contributed by atoms with van der Waals surface area (Å²) in [4.78, 5) is 21.7. The molecule has 33 heavy (non-hydrogen) atoms. The van der Waals surface area contributed by atoms with Gasteiger partial charge < -0.3 is 24.7 Å². The van der Waals surface area contributed by atoms with Crippen molar-refractivity contribution in [1.82, 2.24) is 9.88 Å². The van der Waals surface area contributed by atoms with Gasteiger partial charge in [-0.25, -0.2) is 0 Å². The molecule has 0 bridgehead atoms. The number of hydrogen-bond donors (Lipinski definition) is 2. The molecule has 1 fully saturated rings. The van der Waals surface area contributed by atoms with Crippen molar-refractivity contribution in [3.63, 3.8) is 0 Å². The maximum absolute atomic E-state index is 13.4. The van der Waals surface area contributed by atoms with Gasteiger partial charge in [0.25, 0.3) is 5.91 Å². The number of fused-ring (bicyclic) bond motifs is 1. The molecule has 5 rings (SSSR count). The van der Waals surface area contributed by atoms with Gasteiger partial charge in [0.1, 0.15) is 5.75 Å². The lowest BCUT2D eigenvalue weighted by atomic mass is 10.0. The molecular weight excluding hydrogens is 438 g/mol. The minimum absolute atomic E-state index is 0.0453. The van der Waals surface area contributed by atoms with E-state index < -0.39 is 0 Å². The van der Waals surface area contributed by atoms with E-state index in [-0.39, 0.29) is 17.4 Å². The summed E-state index contributed by atoms with van der Waals surface area (Å²) in [6, 6.07) is 14.6. The van der Waals surface area contributed by atoms with Crippen LogP contribution in [0, 0.1) is 0 Å². The van der Waals surface area contributed by atoms with Gasteiger partial charge in [-0.2, -0.15) is 0 Å². The Morgan fingerprint density at radius 2 is 1.85 bits per heavy atom. The Bertz CT molecular complexity index is 1310. The number of benzene rings is 2. The lowest BCUT2D eigenvalue weighted by molar-refractivity contribution is 0.0749. The van der Waals surface area contributed by atoms with Crippen molar-refractivity contribution >= 4 is 33.0 Å². The molecule has 0 atom stereocenters. The van der Waals surface area contributed by atoms with Crippen LogP contribution < -0.4 is 9.64 Å². The molecule has 0 radical (unpaired) electrons. The maximum atomic E-state index is 13.4. The summed E-state index contributed by atoms with van der Waals surface area (Å²) in [6.45, 7) is 2.44. The van der Waals surface area contributed by atoms with Crippen molar-refractivity contribution in [2.24, 2.45) is 0 Å². The van der Waals surface area contributed by atoms with Crippen LogP contribution in [0.4, 0.5) is 5.69 Å². The number of piperazine rings is 1. The fraction of sp³-hybridized carbons (Fsp3) is 0.200. The highest BCUT2D eigenvalue weighted by Crippen LogP contribution is 2.38. The number of nitrogens with zero attached hydrogens (tertiary/aromatic N) is 3. The van der Waals surface area contributed by atoms with Crippen molar-refractivity contribution in [2.45, 2.75) is 0 Å². The second kappa shape index (κ2) is 8.63. The van der Waals surface area contributed by atoms with E-state index in [1.54, 1.807) is 24.4 Å². The number of methoxy groups -OCH3 is 1. The Morgan fingerprint density at radius 3 is 2.55 bits per heavy atom. The Kier molecular flexibility index (Phi) is 5.51. The molecule has 1 saturated heterocycles.